The van der Waals surface area contributed by atoms with Gasteiger partial charge in [-0.15, -0.1) is 12.4 Å². The van der Waals surface area contributed by atoms with Crippen LogP contribution in [0.1, 0.15) is 30.4 Å². The zero-order valence-electron chi connectivity index (χ0n) is 15.2. The molecule has 1 aromatic carbocycles. The van der Waals surface area contributed by atoms with Gasteiger partial charge in [0.1, 0.15) is 0 Å². The third-order valence-electron chi connectivity index (χ3n) is 4.66. The van der Waals surface area contributed by atoms with E-state index in [2.05, 4.69) is 22.8 Å². The van der Waals surface area contributed by atoms with Gasteiger partial charge in [0.25, 0.3) is 0 Å². The molecule has 0 aliphatic carbocycles. The lowest BCUT2D eigenvalue weighted by atomic mass is 9.97. The summed E-state index contributed by atoms with van der Waals surface area (Å²) in [7, 11) is 1.96. The minimum Gasteiger partial charge on any atom is -0.347 e. The fourth-order valence-electron chi connectivity index (χ4n) is 3.06. The molecule has 140 valence electrons. The maximum atomic E-state index is 12.2. The predicted molar refractivity (Wildman–Crippen MR) is 103 cm³/mol. The summed E-state index contributed by atoms with van der Waals surface area (Å²) in [6.07, 6.45) is 3.19. The molecular formula is C19H30ClN3O2. The Morgan fingerprint density at radius 1 is 1.16 bits per heavy atom. The van der Waals surface area contributed by atoms with Crippen LogP contribution >= 0.6 is 12.4 Å². The SMILES string of the molecule is CNCC1CCN(C(=O)CNC(=O)CCc2ccc(C)cc2)CC1.Cl. The number of carbonyl (C=O) groups excluding carboxylic acids is 2. The molecule has 6 heteroatoms. The van der Waals surface area contributed by atoms with Crippen LogP contribution in [0.4, 0.5) is 0 Å². The highest BCUT2D eigenvalue weighted by molar-refractivity contribution is 5.85. The van der Waals surface area contributed by atoms with E-state index in [1.807, 2.05) is 31.0 Å². The van der Waals surface area contributed by atoms with E-state index in [0.29, 0.717) is 18.8 Å². The summed E-state index contributed by atoms with van der Waals surface area (Å²) < 4.78 is 0. The zero-order valence-corrected chi connectivity index (χ0v) is 16.0. The van der Waals surface area contributed by atoms with Crippen molar-refractivity contribution in [2.75, 3.05) is 33.2 Å². The first-order valence-electron chi connectivity index (χ1n) is 8.83. The number of benzene rings is 1. The van der Waals surface area contributed by atoms with Gasteiger partial charge >= 0.3 is 0 Å². The Morgan fingerprint density at radius 2 is 1.80 bits per heavy atom. The molecule has 2 rings (SSSR count). The van der Waals surface area contributed by atoms with Crippen LogP contribution in [0, 0.1) is 12.8 Å². The maximum absolute atomic E-state index is 12.2. The Morgan fingerprint density at radius 3 is 2.40 bits per heavy atom. The second kappa shape index (κ2) is 11.1. The van der Waals surface area contributed by atoms with Gasteiger partial charge in [-0.05, 0) is 51.3 Å². The molecule has 1 heterocycles. The van der Waals surface area contributed by atoms with Gasteiger partial charge in [-0.3, -0.25) is 9.59 Å². The lowest BCUT2D eigenvalue weighted by molar-refractivity contribution is -0.134. The summed E-state index contributed by atoms with van der Waals surface area (Å²) >= 11 is 0. The van der Waals surface area contributed by atoms with Crippen LogP contribution in [-0.2, 0) is 16.0 Å². The molecule has 25 heavy (non-hydrogen) atoms. The van der Waals surface area contributed by atoms with Crippen molar-refractivity contribution < 1.29 is 9.59 Å². The Kier molecular flexibility index (Phi) is 9.53. The first kappa shape index (κ1) is 21.5. The van der Waals surface area contributed by atoms with Gasteiger partial charge in [0.15, 0.2) is 0 Å². The normalized spacial score (nSPS) is 14.7. The van der Waals surface area contributed by atoms with Gasteiger partial charge in [-0.2, -0.15) is 0 Å². The monoisotopic (exact) mass is 367 g/mol. The molecule has 1 aliphatic rings. The summed E-state index contributed by atoms with van der Waals surface area (Å²) in [6, 6.07) is 8.19. The van der Waals surface area contributed by atoms with Crippen molar-refractivity contribution in [3.63, 3.8) is 0 Å². The van der Waals surface area contributed by atoms with Crippen LogP contribution < -0.4 is 10.6 Å². The van der Waals surface area contributed by atoms with Gasteiger partial charge < -0.3 is 15.5 Å². The van der Waals surface area contributed by atoms with E-state index in [9.17, 15) is 9.59 Å². The number of carbonyl (C=O) groups is 2. The summed E-state index contributed by atoms with van der Waals surface area (Å²) in [5.41, 5.74) is 2.36. The number of nitrogens with zero attached hydrogens (tertiary/aromatic N) is 1. The van der Waals surface area contributed by atoms with Crippen LogP contribution in [-0.4, -0.2) is 49.9 Å². The molecule has 2 amide bonds. The second-order valence-electron chi connectivity index (χ2n) is 6.64. The van der Waals surface area contributed by atoms with E-state index >= 15 is 0 Å². The van der Waals surface area contributed by atoms with E-state index < -0.39 is 0 Å². The number of hydrogen-bond donors (Lipinski definition) is 2. The molecule has 2 N–H and O–H groups in total. The fourth-order valence-corrected chi connectivity index (χ4v) is 3.06. The molecule has 1 fully saturated rings. The quantitative estimate of drug-likeness (QED) is 0.774. The summed E-state index contributed by atoms with van der Waals surface area (Å²) in [4.78, 5) is 26.0. The van der Waals surface area contributed by atoms with Gasteiger partial charge in [0.05, 0.1) is 6.54 Å². The Hall–Kier alpha value is -1.59. The molecule has 0 bridgehead atoms. The Bertz CT molecular complexity index is 540. The molecule has 5 nitrogen and oxygen atoms in total. The number of amides is 2. The van der Waals surface area contributed by atoms with Crippen LogP contribution in [0.3, 0.4) is 0 Å². The van der Waals surface area contributed by atoms with Gasteiger partial charge in [0.2, 0.25) is 11.8 Å². The predicted octanol–water partition coefficient (Wildman–Crippen LogP) is 1.92. The molecule has 1 saturated heterocycles. The summed E-state index contributed by atoms with van der Waals surface area (Å²) in [6.45, 7) is 4.76. The van der Waals surface area contributed by atoms with Crippen molar-refractivity contribution in [1.82, 2.24) is 15.5 Å². The van der Waals surface area contributed by atoms with E-state index in [1.54, 1.807) is 0 Å². The highest BCUT2D eigenvalue weighted by Gasteiger charge is 2.22. The topological polar surface area (TPSA) is 61.4 Å². The fraction of sp³-hybridized carbons (Fsp3) is 0.579. The number of piperidine rings is 1. The van der Waals surface area contributed by atoms with Gasteiger partial charge in [-0.1, -0.05) is 29.8 Å². The maximum Gasteiger partial charge on any atom is 0.241 e. The van der Waals surface area contributed by atoms with Crippen molar-refractivity contribution in [1.29, 1.82) is 0 Å². The summed E-state index contributed by atoms with van der Waals surface area (Å²) in [5.74, 6) is 0.624. The first-order valence-corrected chi connectivity index (χ1v) is 8.83. The molecule has 0 radical (unpaired) electrons. The van der Waals surface area contributed by atoms with Gasteiger partial charge in [0, 0.05) is 19.5 Å². The van der Waals surface area contributed by atoms with Crippen molar-refractivity contribution in [2.24, 2.45) is 5.92 Å². The lowest BCUT2D eigenvalue weighted by Crippen LogP contribution is -2.45. The molecule has 1 aromatic rings. The molecule has 0 atom stereocenters. The van der Waals surface area contributed by atoms with Crippen molar-refractivity contribution in [3.05, 3.63) is 35.4 Å². The highest BCUT2D eigenvalue weighted by Crippen LogP contribution is 2.16. The van der Waals surface area contributed by atoms with E-state index in [1.165, 1.54) is 5.56 Å². The Balaban J connectivity index is 0.00000312. The number of rotatable bonds is 7. The third-order valence-corrected chi connectivity index (χ3v) is 4.66. The number of likely N-dealkylation sites (tertiary alicyclic amines) is 1. The van der Waals surface area contributed by atoms with Crippen LogP contribution in [0.25, 0.3) is 0 Å². The van der Waals surface area contributed by atoms with Crippen LogP contribution in [0.2, 0.25) is 0 Å². The van der Waals surface area contributed by atoms with Crippen molar-refractivity contribution in [2.45, 2.75) is 32.6 Å². The van der Waals surface area contributed by atoms with E-state index in [4.69, 9.17) is 0 Å². The summed E-state index contributed by atoms with van der Waals surface area (Å²) in [5, 5.41) is 5.95. The van der Waals surface area contributed by atoms with Crippen molar-refractivity contribution >= 4 is 24.2 Å². The van der Waals surface area contributed by atoms with Crippen molar-refractivity contribution in [3.8, 4) is 0 Å². The highest BCUT2D eigenvalue weighted by atomic mass is 35.5. The molecule has 0 unspecified atom stereocenters. The minimum atomic E-state index is -0.0611. The number of halogens is 1. The number of nitrogens with one attached hydrogen (secondary N) is 2. The number of aryl methyl sites for hydroxylation is 2. The molecule has 1 aliphatic heterocycles. The second-order valence-corrected chi connectivity index (χ2v) is 6.64. The smallest absolute Gasteiger partial charge is 0.241 e. The zero-order chi connectivity index (χ0) is 17.4. The number of hydrogen-bond acceptors (Lipinski definition) is 3. The average Bonchev–Trinajstić information content (AvgIpc) is 2.60. The molecule has 0 aromatic heterocycles. The third kappa shape index (κ3) is 7.45. The average molecular weight is 368 g/mol. The molecule has 0 saturated carbocycles. The lowest BCUT2D eigenvalue weighted by Gasteiger charge is -2.32. The first-order chi connectivity index (χ1) is 11.6. The van der Waals surface area contributed by atoms with Crippen LogP contribution in [0.15, 0.2) is 24.3 Å². The Labute approximate surface area is 157 Å². The molecule has 0 spiro atoms. The largest absolute Gasteiger partial charge is 0.347 e. The van der Waals surface area contributed by atoms with E-state index in [0.717, 1.165) is 38.0 Å². The standard InChI is InChI=1S/C19H29N3O2.ClH/c1-15-3-5-16(6-4-15)7-8-18(23)21-14-19(24)22-11-9-17(10-12-22)13-20-2;/h3-6,17,20H,7-14H2,1-2H3,(H,21,23);1H. The van der Waals surface area contributed by atoms with Crippen LogP contribution in [0.5, 0.6) is 0 Å². The minimum absolute atomic E-state index is 0. The molecular weight excluding hydrogens is 338 g/mol. The van der Waals surface area contributed by atoms with Gasteiger partial charge in [-0.25, -0.2) is 0 Å². The van der Waals surface area contributed by atoms with E-state index in [-0.39, 0.29) is 30.8 Å².